The Balaban J connectivity index is 3.47. The van der Waals surface area contributed by atoms with Crippen LogP contribution in [0, 0.1) is 0 Å². The van der Waals surface area contributed by atoms with E-state index in [1.165, 1.54) is 38.3 Å². The van der Waals surface area contributed by atoms with E-state index in [0.29, 0.717) is 0 Å². The van der Waals surface area contributed by atoms with E-state index in [0.717, 1.165) is 4.08 Å². The van der Waals surface area contributed by atoms with Crippen LogP contribution in [0.15, 0.2) is 18.1 Å². The van der Waals surface area contributed by atoms with Gasteiger partial charge in [-0.1, -0.05) is 0 Å². The third-order valence-electron chi connectivity index (χ3n) is 0.502. The van der Waals surface area contributed by atoms with Crippen molar-refractivity contribution in [2.45, 2.75) is 11.0 Å². The molecule has 0 radical (unpaired) electrons. The number of hydrogen-bond acceptors (Lipinski definition) is 2. The van der Waals surface area contributed by atoms with Gasteiger partial charge in [0, 0.05) is 0 Å². The van der Waals surface area contributed by atoms with Gasteiger partial charge >= 0.3 is 69.6 Å². The third-order valence-corrected chi connectivity index (χ3v) is 1.21. The van der Waals surface area contributed by atoms with E-state index in [4.69, 9.17) is 0 Å². The van der Waals surface area contributed by atoms with Crippen LogP contribution in [0.25, 0.3) is 0 Å². The number of allylic oxidation sites excluding steroid dienone is 1. The average molecular weight is 321 g/mol. The standard InChI is InChI=1S/C6H7O2.Po.H/c1-3-4-5-8-6(2)7;;/h3,5H,1H2,2H3;;. The van der Waals surface area contributed by atoms with E-state index in [1.54, 1.807) is 0 Å². The van der Waals surface area contributed by atoms with Gasteiger partial charge in [-0.15, -0.1) is 0 Å². The zero-order valence-electron chi connectivity index (χ0n) is 5.13. The molecule has 0 aromatic rings. The van der Waals surface area contributed by atoms with Crippen molar-refractivity contribution in [2.75, 3.05) is 0 Å². The van der Waals surface area contributed by atoms with Gasteiger partial charge in [0.2, 0.25) is 0 Å². The van der Waals surface area contributed by atoms with Gasteiger partial charge in [0.15, 0.2) is 0 Å². The minimum atomic E-state index is -0.304. The fraction of sp³-hybridized carbons (Fsp3) is 0.333. The molecule has 0 saturated heterocycles. The molecule has 3 heteroatoms. The van der Waals surface area contributed by atoms with Crippen molar-refractivity contribution in [1.29, 1.82) is 0 Å². The maximum absolute atomic E-state index is 10.1. The monoisotopic (exact) mass is 321 g/mol. The molecule has 0 aromatic carbocycles. The van der Waals surface area contributed by atoms with E-state index in [1.807, 2.05) is 6.08 Å². The molecule has 0 bridgehead atoms. The molecule has 0 aliphatic heterocycles. The van der Waals surface area contributed by atoms with Crippen LogP contribution in [0.5, 0.6) is 0 Å². The first-order valence-electron chi connectivity index (χ1n) is 2.45. The Labute approximate surface area is 69.7 Å². The van der Waals surface area contributed by atoms with Gasteiger partial charge in [0.1, 0.15) is 0 Å². The Morgan fingerprint density at radius 2 is 2.56 bits per heavy atom. The van der Waals surface area contributed by atoms with Crippen molar-refractivity contribution in [3.05, 3.63) is 18.1 Å². The third kappa shape index (κ3) is 7.89. The molecule has 2 nitrogen and oxygen atoms in total. The number of carbonyl (C=O) groups is 1. The SMILES string of the molecule is CC(=O)OC=C=C[CH2][PoH]. The predicted octanol–water partition coefficient (Wildman–Crippen LogP) is 0.537. The van der Waals surface area contributed by atoms with Crippen LogP contribution in [0.4, 0.5) is 0 Å². The molecule has 0 atom stereocenters. The van der Waals surface area contributed by atoms with Gasteiger partial charge in [0.25, 0.3) is 0 Å². The molecule has 0 aliphatic carbocycles. The molecule has 0 unspecified atom stereocenters. The second kappa shape index (κ2) is 6.01. The fourth-order valence-electron chi connectivity index (χ4n) is 0.218. The summed E-state index contributed by atoms with van der Waals surface area (Å²) in [7, 11) is 0. The Bertz CT molecular complexity index is 145. The van der Waals surface area contributed by atoms with Crippen molar-refractivity contribution < 1.29 is 9.53 Å². The second-order valence-electron chi connectivity index (χ2n) is 1.28. The number of esters is 1. The van der Waals surface area contributed by atoms with Crippen LogP contribution >= 0.6 is 0 Å². The zero-order valence-corrected chi connectivity index (χ0v) is 8.60. The van der Waals surface area contributed by atoms with E-state index in [2.05, 4.69) is 10.5 Å². The van der Waals surface area contributed by atoms with Gasteiger partial charge in [-0.05, 0) is 0 Å². The van der Waals surface area contributed by atoms with Crippen LogP contribution in [0.3, 0.4) is 0 Å². The summed E-state index contributed by atoms with van der Waals surface area (Å²) < 4.78 is 5.46. The molecule has 0 rings (SSSR count). The topological polar surface area (TPSA) is 26.3 Å². The van der Waals surface area contributed by atoms with Gasteiger partial charge in [-0.3, -0.25) is 0 Å². The first kappa shape index (κ1) is 8.89. The van der Waals surface area contributed by atoms with Crippen molar-refractivity contribution in [2.24, 2.45) is 0 Å². The molecule has 0 aromatic heterocycles. The molecule has 0 N–H and O–H groups in total. The summed E-state index contributed by atoms with van der Waals surface area (Å²) in [6.07, 6.45) is 3.10. The van der Waals surface area contributed by atoms with Crippen molar-refractivity contribution in [1.82, 2.24) is 0 Å². The Hall–Kier alpha value is -0.114. The molecule has 0 aliphatic rings. The van der Waals surface area contributed by atoms with Crippen LogP contribution < -0.4 is 0 Å². The van der Waals surface area contributed by atoms with Crippen LogP contribution in [-0.4, -0.2) is 31.0 Å². The van der Waals surface area contributed by atoms with Gasteiger partial charge < -0.3 is 0 Å². The Morgan fingerprint density at radius 3 is 3.00 bits per heavy atom. The van der Waals surface area contributed by atoms with Crippen LogP contribution in [0.2, 0.25) is 4.08 Å². The van der Waals surface area contributed by atoms with Crippen LogP contribution in [0.1, 0.15) is 6.92 Å². The van der Waals surface area contributed by atoms with E-state index in [9.17, 15) is 4.79 Å². The summed E-state index contributed by atoms with van der Waals surface area (Å²) in [6, 6.07) is 0. The molecule has 0 heterocycles. The molecule has 9 heavy (non-hydrogen) atoms. The molecule has 0 spiro atoms. The summed E-state index contributed by atoms with van der Waals surface area (Å²) in [5.41, 5.74) is 2.70. The zero-order chi connectivity index (χ0) is 7.11. The van der Waals surface area contributed by atoms with Crippen LogP contribution in [-0.2, 0) is 9.53 Å². The van der Waals surface area contributed by atoms with E-state index in [-0.39, 0.29) is 5.97 Å². The summed E-state index contributed by atoms with van der Waals surface area (Å²) in [5.74, 6) is -0.304. The van der Waals surface area contributed by atoms with E-state index >= 15 is 0 Å². The summed E-state index contributed by atoms with van der Waals surface area (Å²) >= 11 is 1.29. The molecular weight excluding hydrogens is 313 g/mol. The Morgan fingerprint density at radius 1 is 1.89 bits per heavy atom. The summed E-state index contributed by atoms with van der Waals surface area (Å²) in [4.78, 5) is 10.1. The van der Waals surface area contributed by atoms with E-state index < -0.39 is 0 Å². The van der Waals surface area contributed by atoms with Gasteiger partial charge in [0.05, 0.1) is 0 Å². The summed E-state index contributed by atoms with van der Waals surface area (Å²) in [6.45, 7) is 1.36. The average Bonchev–Trinajstić information content (AvgIpc) is 1.80. The number of ether oxygens (including phenoxy) is 1. The molecule has 50 valence electrons. The predicted molar refractivity (Wildman–Crippen MR) is 36.4 cm³/mol. The number of hydrogen-bond donors (Lipinski definition) is 0. The quantitative estimate of drug-likeness (QED) is 0.422. The maximum atomic E-state index is 10.1. The first-order valence-corrected chi connectivity index (χ1v) is 4.90. The number of carbonyl (C=O) groups excluding carboxylic acids is 1. The number of rotatable bonds is 2. The molecule has 0 fully saturated rings. The summed E-state index contributed by atoms with van der Waals surface area (Å²) in [5, 5.41) is 0. The molecule has 0 saturated carbocycles. The van der Waals surface area contributed by atoms with Gasteiger partial charge in [-0.2, -0.15) is 0 Å². The minimum absolute atomic E-state index is 0.304. The van der Waals surface area contributed by atoms with Gasteiger partial charge in [-0.25, -0.2) is 0 Å². The molecule has 0 amide bonds. The second-order valence-corrected chi connectivity index (χ2v) is 2.70. The van der Waals surface area contributed by atoms with Crippen molar-refractivity contribution in [3.63, 3.8) is 0 Å². The normalized spacial score (nSPS) is 7.33. The fourth-order valence-corrected chi connectivity index (χ4v) is 0.628. The first-order chi connectivity index (χ1) is 4.27. The Kier molecular flexibility index (Phi) is 5.94. The van der Waals surface area contributed by atoms with Crippen molar-refractivity contribution >= 4 is 31.0 Å². The van der Waals surface area contributed by atoms with Crippen molar-refractivity contribution in [3.8, 4) is 0 Å². The molecular formula is C6H8O2Po.